The molecule has 2 saturated heterocycles. The number of fused-ring (bicyclic) bond motifs is 2. The first-order chi connectivity index (χ1) is 10.7. The average molecular weight is 327 g/mol. The van der Waals surface area contributed by atoms with Gasteiger partial charge in [-0.3, -0.25) is 9.69 Å². The molecule has 2 aliphatic rings. The summed E-state index contributed by atoms with van der Waals surface area (Å²) in [4.78, 5) is 17.7. The number of likely N-dealkylation sites (N-methyl/N-ethyl adjacent to an activating group) is 1. The highest BCUT2D eigenvalue weighted by molar-refractivity contribution is 7.11. The van der Waals surface area contributed by atoms with Crippen LogP contribution in [0.5, 0.6) is 0 Å². The quantitative estimate of drug-likeness (QED) is 0.766. The van der Waals surface area contributed by atoms with Crippen molar-refractivity contribution in [3.05, 3.63) is 55.9 Å². The fraction of sp³-hybridized carbons (Fsp3) is 0.278. The summed E-state index contributed by atoms with van der Waals surface area (Å²) in [5, 5.41) is 4.12. The van der Waals surface area contributed by atoms with E-state index < -0.39 is 0 Å². The molecule has 0 aromatic carbocycles. The lowest BCUT2D eigenvalue weighted by atomic mass is 9.90. The Balaban J connectivity index is 1.79. The molecule has 0 spiro atoms. The van der Waals surface area contributed by atoms with E-state index in [0.29, 0.717) is 0 Å². The fourth-order valence-electron chi connectivity index (χ4n) is 3.54. The molecule has 2 nitrogen and oxygen atoms in total. The number of hydrogen-bond donors (Lipinski definition) is 0. The zero-order valence-electron chi connectivity index (χ0n) is 12.4. The number of ketones is 1. The highest BCUT2D eigenvalue weighted by atomic mass is 32.1. The van der Waals surface area contributed by atoms with E-state index in [2.05, 4.69) is 47.0 Å². The molecule has 0 N–H and O–H groups in total. The van der Waals surface area contributed by atoms with Gasteiger partial charge in [0.05, 0.1) is 0 Å². The van der Waals surface area contributed by atoms with Crippen LogP contribution in [0.25, 0.3) is 12.2 Å². The molecule has 2 aromatic heterocycles. The Hall–Kier alpha value is -1.49. The number of carbonyl (C=O) groups is 1. The Bertz CT molecular complexity index is 678. The van der Waals surface area contributed by atoms with Crippen molar-refractivity contribution >= 4 is 40.6 Å². The van der Waals surface area contributed by atoms with Crippen LogP contribution in [-0.2, 0) is 4.79 Å². The molecule has 2 bridgehead atoms. The van der Waals surface area contributed by atoms with E-state index in [1.165, 1.54) is 0 Å². The van der Waals surface area contributed by atoms with Crippen molar-refractivity contribution in [1.82, 2.24) is 4.90 Å². The van der Waals surface area contributed by atoms with Gasteiger partial charge in [0.2, 0.25) is 0 Å². The molecule has 0 aliphatic carbocycles. The summed E-state index contributed by atoms with van der Waals surface area (Å²) in [6.45, 7) is 0. The van der Waals surface area contributed by atoms with Crippen LogP contribution in [0.1, 0.15) is 22.6 Å². The van der Waals surface area contributed by atoms with Gasteiger partial charge in [0.25, 0.3) is 0 Å². The number of rotatable bonds is 2. The Kier molecular flexibility index (Phi) is 3.60. The average Bonchev–Trinajstić information content (AvgIpc) is 3.22. The summed E-state index contributed by atoms with van der Waals surface area (Å²) in [7, 11) is 2.15. The van der Waals surface area contributed by atoms with Gasteiger partial charge in [-0.15, -0.1) is 22.7 Å². The van der Waals surface area contributed by atoms with E-state index in [0.717, 1.165) is 33.7 Å². The Morgan fingerprint density at radius 2 is 1.50 bits per heavy atom. The summed E-state index contributed by atoms with van der Waals surface area (Å²) in [6.07, 6.45) is 6.34. The summed E-state index contributed by atoms with van der Waals surface area (Å²) in [5.41, 5.74) is 1.92. The number of nitrogens with zero attached hydrogens (tertiary/aromatic N) is 1. The molecular formula is C18H17NOS2. The third kappa shape index (κ3) is 2.32. The Morgan fingerprint density at radius 3 is 1.91 bits per heavy atom. The van der Waals surface area contributed by atoms with Crippen molar-refractivity contribution in [2.45, 2.75) is 24.9 Å². The van der Waals surface area contributed by atoms with Gasteiger partial charge in [-0.05, 0) is 54.9 Å². The van der Waals surface area contributed by atoms with Gasteiger partial charge < -0.3 is 0 Å². The molecular weight excluding hydrogens is 310 g/mol. The Morgan fingerprint density at radius 1 is 1.00 bits per heavy atom. The highest BCUT2D eigenvalue weighted by Gasteiger charge is 2.44. The van der Waals surface area contributed by atoms with Crippen LogP contribution in [-0.4, -0.2) is 29.8 Å². The molecule has 22 heavy (non-hydrogen) atoms. The first-order valence-corrected chi connectivity index (χ1v) is 9.27. The predicted molar refractivity (Wildman–Crippen MR) is 94.2 cm³/mol. The number of hydrogen-bond acceptors (Lipinski definition) is 4. The molecule has 0 saturated carbocycles. The van der Waals surface area contributed by atoms with Crippen LogP contribution in [0.4, 0.5) is 0 Å². The van der Waals surface area contributed by atoms with Gasteiger partial charge in [0, 0.05) is 33.0 Å². The lowest BCUT2D eigenvalue weighted by molar-refractivity contribution is -0.114. The van der Waals surface area contributed by atoms with E-state index in [4.69, 9.17) is 0 Å². The lowest BCUT2D eigenvalue weighted by Gasteiger charge is -2.34. The molecule has 2 aliphatic heterocycles. The van der Waals surface area contributed by atoms with E-state index >= 15 is 0 Å². The molecule has 112 valence electrons. The van der Waals surface area contributed by atoms with E-state index in [1.807, 2.05) is 12.1 Å². The second kappa shape index (κ2) is 5.61. The number of carbonyl (C=O) groups excluding carboxylic acids is 1. The molecule has 4 heteroatoms. The number of thiophene rings is 2. The molecule has 2 fully saturated rings. The predicted octanol–water partition coefficient (Wildman–Crippen LogP) is 4.32. The maximum atomic E-state index is 13.0. The van der Waals surface area contributed by atoms with Crippen LogP contribution < -0.4 is 0 Å². The third-order valence-electron chi connectivity index (χ3n) is 4.62. The molecule has 4 rings (SSSR count). The van der Waals surface area contributed by atoms with Gasteiger partial charge in [-0.1, -0.05) is 12.1 Å². The van der Waals surface area contributed by atoms with Crippen molar-refractivity contribution in [3.8, 4) is 0 Å². The minimum atomic E-state index is 0.243. The van der Waals surface area contributed by atoms with Crippen molar-refractivity contribution in [3.63, 3.8) is 0 Å². The summed E-state index contributed by atoms with van der Waals surface area (Å²) < 4.78 is 0. The lowest BCUT2D eigenvalue weighted by Crippen LogP contribution is -2.43. The number of Topliss-reactive ketones (excluding diaryl/α,β-unsaturated/α-hetero) is 1. The van der Waals surface area contributed by atoms with Crippen LogP contribution >= 0.6 is 22.7 Å². The van der Waals surface area contributed by atoms with E-state index in [9.17, 15) is 4.79 Å². The van der Waals surface area contributed by atoms with Crippen molar-refractivity contribution in [2.75, 3.05) is 7.05 Å². The highest BCUT2D eigenvalue weighted by Crippen LogP contribution is 2.40. The number of piperidine rings is 1. The minimum absolute atomic E-state index is 0.243. The van der Waals surface area contributed by atoms with Gasteiger partial charge in [-0.25, -0.2) is 0 Å². The van der Waals surface area contributed by atoms with Crippen molar-refractivity contribution in [1.29, 1.82) is 0 Å². The zero-order chi connectivity index (χ0) is 15.1. The van der Waals surface area contributed by atoms with Gasteiger partial charge in [0.15, 0.2) is 5.78 Å². The SMILES string of the molecule is CN1C2CCC1C(=Cc1cccs1)C(=O)C2=Cc1cccs1. The van der Waals surface area contributed by atoms with E-state index in [-0.39, 0.29) is 17.9 Å². The standard InChI is InChI=1S/C18H17NOS2/c1-19-16-6-7-17(19)15(11-13-5-3-9-22-13)18(20)14(16)10-12-4-2-8-21-12/h2-5,8-11,16-17H,6-7H2,1H3. The van der Waals surface area contributed by atoms with Crippen LogP contribution in [0.3, 0.4) is 0 Å². The molecule has 2 aromatic rings. The second-order valence-corrected chi connectivity index (χ2v) is 7.79. The molecule has 0 amide bonds. The monoisotopic (exact) mass is 327 g/mol. The van der Waals surface area contributed by atoms with E-state index in [1.54, 1.807) is 22.7 Å². The summed E-state index contributed by atoms with van der Waals surface area (Å²) >= 11 is 3.38. The second-order valence-electron chi connectivity index (χ2n) is 5.83. The first-order valence-electron chi connectivity index (χ1n) is 7.51. The largest absolute Gasteiger partial charge is 0.292 e. The fourth-order valence-corrected chi connectivity index (χ4v) is 4.87. The topological polar surface area (TPSA) is 20.3 Å². The van der Waals surface area contributed by atoms with Crippen LogP contribution in [0.2, 0.25) is 0 Å². The smallest absolute Gasteiger partial charge is 0.188 e. The zero-order valence-corrected chi connectivity index (χ0v) is 14.0. The summed E-state index contributed by atoms with van der Waals surface area (Å²) in [5.74, 6) is 0.243. The summed E-state index contributed by atoms with van der Waals surface area (Å²) in [6, 6.07) is 8.78. The van der Waals surface area contributed by atoms with Crippen LogP contribution in [0.15, 0.2) is 46.2 Å². The molecule has 0 radical (unpaired) electrons. The van der Waals surface area contributed by atoms with Crippen LogP contribution in [0, 0.1) is 0 Å². The van der Waals surface area contributed by atoms with Crippen molar-refractivity contribution < 1.29 is 4.79 Å². The third-order valence-corrected chi connectivity index (χ3v) is 6.26. The Labute approximate surface area is 138 Å². The van der Waals surface area contributed by atoms with Gasteiger partial charge in [-0.2, -0.15) is 0 Å². The molecule has 2 unspecified atom stereocenters. The maximum Gasteiger partial charge on any atom is 0.188 e. The first kappa shape index (κ1) is 14.1. The minimum Gasteiger partial charge on any atom is -0.292 e. The van der Waals surface area contributed by atoms with Crippen molar-refractivity contribution in [2.24, 2.45) is 0 Å². The molecule has 4 heterocycles. The normalized spacial score (nSPS) is 28.9. The van der Waals surface area contributed by atoms with Gasteiger partial charge >= 0.3 is 0 Å². The van der Waals surface area contributed by atoms with Gasteiger partial charge in [0.1, 0.15) is 0 Å². The maximum absolute atomic E-state index is 13.0. The molecule has 2 atom stereocenters.